The summed E-state index contributed by atoms with van der Waals surface area (Å²) in [5.74, 6) is 0. The lowest BCUT2D eigenvalue weighted by Crippen LogP contribution is -2.36. The fraction of sp³-hybridized carbons (Fsp3) is 0.273. The molecule has 2 aromatic carbocycles. The second kappa shape index (κ2) is 8.25. The Bertz CT molecular complexity index is 928. The maximum absolute atomic E-state index is 12.9. The summed E-state index contributed by atoms with van der Waals surface area (Å²) in [6.07, 6.45) is 1.47. The summed E-state index contributed by atoms with van der Waals surface area (Å²) in [5.41, 5.74) is 2.51. The molecule has 0 bridgehead atoms. The van der Waals surface area contributed by atoms with Crippen LogP contribution in [0.15, 0.2) is 60.8 Å². The molecule has 0 aliphatic heterocycles. The third-order valence-corrected chi connectivity index (χ3v) is 4.76. The Balaban J connectivity index is 1.90. The summed E-state index contributed by atoms with van der Waals surface area (Å²) in [5, 5.41) is 1.05. The van der Waals surface area contributed by atoms with Gasteiger partial charge in [0.2, 0.25) is 0 Å². The molecule has 140 valence electrons. The standard InChI is InChI=1S/C22H23IN2O2/c1-22(2,3)27-21(26)25(14-16-8-10-18(23)11-9-16)15-17-12-13-24-20-7-5-4-6-19(17)20/h4-13H,14-15H2,1-3H3. The second-order valence-electron chi connectivity index (χ2n) is 7.45. The van der Waals surface area contributed by atoms with Gasteiger partial charge in [0.05, 0.1) is 12.1 Å². The van der Waals surface area contributed by atoms with Gasteiger partial charge in [0.15, 0.2) is 0 Å². The van der Waals surface area contributed by atoms with Crippen molar-refractivity contribution in [3.8, 4) is 0 Å². The first-order chi connectivity index (χ1) is 12.8. The molecule has 0 spiro atoms. The number of amides is 1. The maximum Gasteiger partial charge on any atom is 0.410 e. The second-order valence-corrected chi connectivity index (χ2v) is 8.70. The van der Waals surface area contributed by atoms with Crippen molar-refractivity contribution in [2.75, 3.05) is 0 Å². The molecule has 3 aromatic rings. The Morgan fingerprint density at radius 2 is 1.74 bits per heavy atom. The molecule has 1 amide bonds. The Labute approximate surface area is 173 Å². The lowest BCUT2D eigenvalue weighted by atomic mass is 10.1. The SMILES string of the molecule is CC(C)(C)OC(=O)N(Cc1ccc(I)cc1)Cc1ccnc2ccccc12. The van der Waals surface area contributed by atoms with Crippen molar-refractivity contribution in [3.63, 3.8) is 0 Å². The highest BCUT2D eigenvalue weighted by molar-refractivity contribution is 14.1. The van der Waals surface area contributed by atoms with E-state index in [4.69, 9.17) is 4.74 Å². The number of carbonyl (C=O) groups excluding carboxylic acids is 1. The van der Waals surface area contributed by atoms with Gasteiger partial charge in [0, 0.05) is 21.7 Å². The van der Waals surface area contributed by atoms with Crippen molar-refractivity contribution in [3.05, 3.63) is 75.5 Å². The molecule has 1 heterocycles. The maximum atomic E-state index is 12.9. The van der Waals surface area contributed by atoms with E-state index in [9.17, 15) is 4.79 Å². The van der Waals surface area contributed by atoms with Gasteiger partial charge < -0.3 is 4.74 Å². The summed E-state index contributed by atoms with van der Waals surface area (Å²) >= 11 is 2.28. The molecular formula is C22H23IN2O2. The van der Waals surface area contributed by atoms with Crippen LogP contribution in [0.3, 0.4) is 0 Å². The highest BCUT2D eigenvalue weighted by Gasteiger charge is 2.23. The highest BCUT2D eigenvalue weighted by Crippen LogP contribution is 2.21. The number of ether oxygens (including phenoxy) is 1. The number of rotatable bonds is 4. The fourth-order valence-electron chi connectivity index (χ4n) is 2.82. The minimum atomic E-state index is -0.540. The number of fused-ring (bicyclic) bond motifs is 1. The normalized spacial score (nSPS) is 11.4. The molecule has 5 heteroatoms. The van der Waals surface area contributed by atoms with Crippen LogP contribution in [0.2, 0.25) is 0 Å². The number of pyridine rings is 1. The Morgan fingerprint density at radius 1 is 1.04 bits per heavy atom. The molecule has 1 aromatic heterocycles. The Morgan fingerprint density at radius 3 is 2.44 bits per heavy atom. The van der Waals surface area contributed by atoms with Gasteiger partial charge in [-0.1, -0.05) is 30.3 Å². The zero-order chi connectivity index (χ0) is 19.4. The number of hydrogen-bond donors (Lipinski definition) is 0. The van der Waals surface area contributed by atoms with Crippen LogP contribution in [-0.2, 0) is 17.8 Å². The zero-order valence-electron chi connectivity index (χ0n) is 15.8. The van der Waals surface area contributed by atoms with E-state index in [1.165, 1.54) is 3.57 Å². The number of carbonyl (C=O) groups is 1. The van der Waals surface area contributed by atoms with Gasteiger partial charge in [-0.15, -0.1) is 0 Å². The third kappa shape index (κ3) is 5.42. The summed E-state index contributed by atoms with van der Waals surface area (Å²) in [4.78, 5) is 19.0. The van der Waals surface area contributed by atoms with Crippen LogP contribution >= 0.6 is 22.6 Å². The fourth-order valence-corrected chi connectivity index (χ4v) is 3.18. The largest absolute Gasteiger partial charge is 0.444 e. The van der Waals surface area contributed by atoms with Crippen LogP contribution in [-0.4, -0.2) is 21.6 Å². The van der Waals surface area contributed by atoms with Crippen molar-refractivity contribution in [2.45, 2.75) is 39.5 Å². The average molecular weight is 474 g/mol. The van der Waals surface area contributed by atoms with E-state index in [0.29, 0.717) is 13.1 Å². The number of nitrogens with zero attached hydrogens (tertiary/aromatic N) is 2. The molecule has 27 heavy (non-hydrogen) atoms. The molecule has 0 N–H and O–H groups in total. The molecule has 3 rings (SSSR count). The molecule has 0 atom stereocenters. The molecule has 0 saturated heterocycles. The molecule has 0 unspecified atom stereocenters. The summed E-state index contributed by atoms with van der Waals surface area (Å²) in [7, 11) is 0. The minimum Gasteiger partial charge on any atom is -0.444 e. The number of aromatic nitrogens is 1. The predicted octanol–water partition coefficient (Wildman–Crippen LogP) is 5.78. The molecule has 0 aliphatic carbocycles. The summed E-state index contributed by atoms with van der Waals surface area (Å²) < 4.78 is 6.82. The molecule has 4 nitrogen and oxygen atoms in total. The predicted molar refractivity (Wildman–Crippen MR) is 116 cm³/mol. The van der Waals surface area contributed by atoms with Gasteiger partial charge in [0.25, 0.3) is 0 Å². The lowest BCUT2D eigenvalue weighted by Gasteiger charge is -2.28. The molecule has 0 saturated carbocycles. The molecule has 0 fully saturated rings. The van der Waals surface area contributed by atoms with E-state index in [1.54, 1.807) is 11.1 Å². The van der Waals surface area contributed by atoms with Gasteiger partial charge in [-0.25, -0.2) is 4.79 Å². The van der Waals surface area contributed by atoms with Crippen LogP contribution in [0.5, 0.6) is 0 Å². The van der Waals surface area contributed by atoms with Crippen molar-refractivity contribution in [2.24, 2.45) is 0 Å². The summed E-state index contributed by atoms with van der Waals surface area (Å²) in [6, 6.07) is 18.1. The van der Waals surface area contributed by atoms with E-state index >= 15 is 0 Å². The van der Waals surface area contributed by atoms with Crippen LogP contribution in [0, 0.1) is 3.57 Å². The van der Waals surface area contributed by atoms with Crippen molar-refractivity contribution in [1.82, 2.24) is 9.88 Å². The van der Waals surface area contributed by atoms with Crippen LogP contribution in [0.1, 0.15) is 31.9 Å². The third-order valence-electron chi connectivity index (χ3n) is 4.04. The zero-order valence-corrected chi connectivity index (χ0v) is 17.9. The Hall–Kier alpha value is -2.15. The van der Waals surface area contributed by atoms with Crippen LogP contribution in [0.25, 0.3) is 10.9 Å². The lowest BCUT2D eigenvalue weighted by molar-refractivity contribution is 0.0217. The highest BCUT2D eigenvalue weighted by atomic mass is 127. The van der Waals surface area contributed by atoms with Crippen molar-refractivity contribution >= 4 is 39.6 Å². The van der Waals surface area contributed by atoms with Gasteiger partial charge in [-0.05, 0) is 78.8 Å². The summed E-state index contributed by atoms with van der Waals surface area (Å²) in [6.45, 7) is 6.60. The minimum absolute atomic E-state index is 0.318. The van der Waals surface area contributed by atoms with Crippen molar-refractivity contribution in [1.29, 1.82) is 0 Å². The number of hydrogen-bond acceptors (Lipinski definition) is 3. The quantitative estimate of drug-likeness (QED) is 0.451. The molecule has 0 aliphatic rings. The monoisotopic (exact) mass is 474 g/mol. The number of halogens is 1. The van der Waals surface area contributed by atoms with Gasteiger partial charge in [-0.2, -0.15) is 0 Å². The van der Waals surface area contributed by atoms with E-state index < -0.39 is 5.60 Å². The molecule has 0 radical (unpaired) electrons. The first-order valence-electron chi connectivity index (χ1n) is 8.87. The van der Waals surface area contributed by atoms with Gasteiger partial charge in [-0.3, -0.25) is 9.88 Å². The van der Waals surface area contributed by atoms with Crippen molar-refractivity contribution < 1.29 is 9.53 Å². The average Bonchev–Trinajstić information content (AvgIpc) is 2.62. The van der Waals surface area contributed by atoms with Gasteiger partial charge in [0.1, 0.15) is 5.60 Å². The molecular weight excluding hydrogens is 451 g/mol. The number of benzene rings is 2. The smallest absolute Gasteiger partial charge is 0.410 e. The van der Waals surface area contributed by atoms with Gasteiger partial charge >= 0.3 is 6.09 Å². The van der Waals surface area contributed by atoms with Crippen LogP contribution < -0.4 is 0 Å². The van der Waals surface area contributed by atoms with E-state index in [1.807, 2.05) is 75.4 Å². The van der Waals surface area contributed by atoms with Crippen LogP contribution in [0.4, 0.5) is 4.79 Å². The van der Waals surface area contributed by atoms with E-state index in [2.05, 4.69) is 27.6 Å². The van der Waals surface area contributed by atoms with E-state index in [0.717, 1.165) is 22.0 Å². The Kier molecular flexibility index (Phi) is 5.99. The first-order valence-corrected chi connectivity index (χ1v) is 9.95. The first kappa shape index (κ1) is 19.6. The topological polar surface area (TPSA) is 42.4 Å². The number of para-hydroxylation sites is 1. The van der Waals surface area contributed by atoms with E-state index in [-0.39, 0.29) is 6.09 Å².